The average Bonchev–Trinajstić information content (AvgIpc) is 3.35. The SMILES string of the molecule is COc1ccc2nccc([C@H](O)CC[C@@H]3CCN(CC#Cc4nccs4)C[C@@H]3C(=O)O)c2c1. The molecule has 1 aliphatic rings. The first-order chi connectivity index (χ1) is 16.0. The summed E-state index contributed by atoms with van der Waals surface area (Å²) < 4.78 is 5.32. The fourth-order valence-corrected chi connectivity index (χ4v) is 4.94. The number of likely N-dealkylation sites (tertiary alicyclic amines) is 1. The summed E-state index contributed by atoms with van der Waals surface area (Å²) in [7, 11) is 1.61. The van der Waals surface area contributed by atoms with Crippen LogP contribution >= 0.6 is 11.3 Å². The van der Waals surface area contributed by atoms with Crippen LogP contribution < -0.4 is 4.74 Å². The quantitative estimate of drug-likeness (QED) is 0.515. The fourth-order valence-electron chi connectivity index (χ4n) is 4.44. The van der Waals surface area contributed by atoms with Crippen molar-refractivity contribution in [1.29, 1.82) is 0 Å². The lowest BCUT2D eigenvalue weighted by Gasteiger charge is -2.36. The maximum Gasteiger partial charge on any atom is 0.308 e. The van der Waals surface area contributed by atoms with Crippen LogP contribution in [0.25, 0.3) is 10.9 Å². The number of aliphatic hydroxyl groups excluding tert-OH is 1. The number of pyridine rings is 1. The summed E-state index contributed by atoms with van der Waals surface area (Å²) in [6.07, 6.45) is 4.63. The molecule has 3 heterocycles. The minimum Gasteiger partial charge on any atom is -0.497 e. The zero-order chi connectivity index (χ0) is 23.2. The van der Waals surface area contributed by atoms with E-state index in [4.69, 9.17) is 4.74 Å². The number of hydrogen-bond donors (Lipinski definition) is 2. The van der Waals surface area contributed by atoms with Gasteiger partial charge in [-0.2, -0.15) is 0 Å². The zero-order valence-electron chi connectivity index (χ0n) is 18.5. The number of piperidine rings is 1. The standard InChI is InChI=1S/C25H27N3O4S/c1-32-18-5-6-22-20(15-18)19(8-10-26-22)23(29)7-4-17-9-13-28(16-21(17)25(30)31)12-2-3-24-27-11-14-33-24/h5-6,8,10-11,14-15,17,21,23,29H,4,7,9,12-13,16H2,1H3,(H,30,31)/t17-,21+,23-/m1/s1. The van der Waals surface area contributed by atoms with Crippen molar-refractivity contribution in [1.82, 2.24) is 14.9 Å². The predicted octanol–water partition coefficient (Wildman–Crippen LogP) is 3.59. The molecule has 1 saturated heterocycles. The number of carboxylic acids is 1. The van der Waals surface area contributed by atoms with Gasteiger partial charge in [0.1, 0.15) is 5.75 Å². The van der Waals surface area contributed by atoms with E-state index in [0.29, 0.717) is 31.7 Å². The zero-order valence-corrected chi connectivity index (χ0v) is 19.3. The number of methoxy groups -OCH3 is 1. The van der Waals surface area contributed by atoms with Gasteiger partial charge in [0.15, 0.2) is 5.01 Å². The van der Waals surface area contributed by atoms with E-state index in [1.165, 1.54) is 11.3 Å². The van der Waals surface area contributed by atoms with Crippen LogP contribution in [-0.2, 0) is 4.79 Å². The van der Waals surface area contributed by atoms with Crippen LogP contribution in [0.15, 0.2) is 42.0 Å². The van der Waals surface area contributed by atoms with Crippen LogP contribution in [-0.4, -0.2) is 57.8 Å². The third-order valence-corrected chi connectivity index (χ3v) is 6.93. The van der Waals surface area contributed by atoms with Crippen molar-refractivity contribution >= 4 is 28.2 Å². The molecular formula is C25H27N3O4S. The normalized spacial score (nSPS) is 19.6. The third-order valence-electron chi connectivity index (χ3n) is 6.24. The van der Waals surface area contributed by atoms with Gasteiger partial charge in [0.25, 0.3) is 0 Å². The number of hydrogen-bond acceptors (Lipinski definition) is 7. The van der Waals surface area contributed by atoms with Crippen molar-refractivity contribution in [3.8, 4) is 17.6 Å². The molecule has 7 nitrogen and oxygen atoms in total. The predicted molar refractivity (Wildman–Crippen MR) is 127 cm³/mol. The molecule has 0 unspecified atom stereocenters. The van der Waals surface area contributed by atoms with E-state index in [1.807, 2.05) is 29.6 Å². The Balaban J connectivity index is 1.38. The van der Waals surface area contributed by atoms with Crippen LogP contribution in [0.3, 0.4) is 0 Å². The Kier molecular flexibility index (Phi) is 7.55. The molecule has 0 bridgehead atoms. The van der Waals surface area contributed by atoms with Gasteiger partial charge in [0, 0.05) is 29.7 Å². The van der Waals surface area contributed by atoms with Gasteiger partial charge in [-0.25, -0.2) is 4.98 Å². The maximum absolute atomic E-state index is 12.0. The van der Waals surface area contributed by atoms with Crippen molar-refractivity contribution in [2.45, 2.75) is 25.4 Å². The monoisotopic (exact) mass is 465 g/mol. The summed E-state index contributed by atoms with van der Waals surface area (Å²) in [6, 6.07) is 7.42. The molecule has 0 radical (unpaired) electrons. The van der Waals surface area contributed by atoms with Gasteiger partial charge in [0.05, 0.1) is 31.2 Å². The number of benzene rings is 1. The molecule has 2 aromatic heterocycles. The van der Waals surface area contributed by atoms with Gasteiger partial charge in [0.2, 0.25) is 0 Å². The van der Waals surface area contributed by atoms with Crippen molar-refractivity contribution in [3.05, 3.63) is 52.6 Å². The summed E-state index contributed by atoms with van der Waals surface area (Å²) in [4.78, 5) is 22.6. The van der Waals surface area contributed by atoms with Crippen LogP contribution in [0, 0.1) is 23.7 Å². The number of nitrogens with zero attached hydrogens (tertiary/aromatic N) is 3. The van der Waals surface area contributed by atoms with Gasteiger partial charge >= 0.3 is 5.97 Å². The number of rotatable bonds is 7. The molecule has 3 atom stereocenters. The highest BCUT2D eigenvalue weighted by Crippen LogP contribution is 2.33. The largest absolute Gasteiger partial charge is 0.497 e. The molecule has 2 N–H and O–H groups in total. The molecule has 1 fully saturated rings. The number of fused-ring (bicyclic) bond motifs is 1. The molecule has 3 aromatic rings. The first kappa shape index (κ1) is 23.2. The van der Waals surface area contributed by atoms with E-state index in [-0.39, 0.29) is 5.92 Å². The first-order valence-electron chi connectivity index (χ1n) is 11.0. The van der Waals surface area contributed by atoms with Crippen molar-refractivity contribution in [2.75, 3.05) is 26.7 Å². The van der Waals surface area contributed by atoms with E-state index in [9.17, 15) is 15.0 Å². The number of aliphatic carboxylic acids is 1. The Morgan fingerprint density at radius 3 is 2.97 bits per heavy atom. The van der Waals surface area contributed by atoms with E-state index in [2.05, 4.69) is 26.7 Å². The van der Waals surface area contributed by atoms with Crippen LogP contribution in [0.2, 0.25) is 0 Å². The topological polar surface area (TPSA) is 95.8 Å². The Labute approximate surface area is 197 Å². The molecule has 0 amide bonds. The Bertz CT molecular complexity index is 1160. The fraction of sp³-hybridized carbons (Fsp3) is 0.400. The highest BCUT2D eigenvalue weighted by molar-refractivity contribution is 7.10. The highest BCUT2D eigenvalue weighted by atomic mass is 32.1. The van der Waals surface area contributed by atoms with E-state index in [0.717, 1.165) is 34.4 Å². The molecule has 1 aliphatic heterocycles. The Morgan fingerprint density at radius 1 is 1.33 bits per heavy atom. The highest BCUT2D eigenvalue weighted by Gasteiger charge is 2.34. The maximum atomic E-state index is 12.0. The van der Waals surface area contributed by atoms with Gasteiger partial charge < -0.3 is 14.9 Å². The van der Waals surface area contributed by atoms with E-state index in [1.54, 1.807) is 19.5 Å². The number of carboxylic acid groups (broad SMARTS) is 1. The molecule has 0 aliphatic carbocycles. The summed E-state index contributed by atoms with van der Waals surface area (Å²) in [6.45, 7) is 1.80. The van der Waals surface area contributed by atoms with Gasteiger partial charge in [-0.05, 0) is 67.5 Å². The molecule has 33 heavy (non-hydrogen) atoms. The third kappa shape index (κ3) is 5.69. The second-order valence-corrected chi connectivity index (χ2v) is 9.14. The van der Waals surface area contributed by atoms with Gasteiger partial charge in [-0.15, -0.1) is 11.3 Å². The van der Waals surface area contributed by atoms with Gasteiger partial charge in [-0.3, -0.25) is 14.7 Å². The molecule has 1 aromatic carbocycles. The van der Waals surface area contributed by atoms with E-state index >= 15 is 0 Å². The van der Waals surface area contributed by atoms with E-state index < -0.39 is 18.0 Å². The number of thiazole rings is 1. The summed E-state index contributed by atoms with van der Waals surface area (Å²) >= 11 is 1.49. The average molecular weight is 466 g/mol. The summed E-state index contributed by atoms with van der Waals surface area (Å²) in [5, 5.41) is 24.3. The second-order valence-electron chi connectivity index (χ2n) is 8.24. The van der Waals surface area contributed by atoms with Crippen LogP contribution in [0.5, 0.6) is 5.75 Å². The smallest absolute Gasteiger partial charge is 0.308 e. The van der Waals surface area contributed by atoms with Crippen molar-refractivity contribution in [3.63, 3.8) is 0 Å². The Hall–Kier alpha value is -2.99. The second kappa shape index (κ2) is 10.8. The lowest BCUT2D eigenvalue weighted by molar-refractivity contribution is -0.146. The molecule has 0 saturated carbocycles. The number of ether oxygens (including phenoxy) is 1. The number of carbonyl (C=O) groups is 1. The molecule has 172 valence electrons. The van der Waals surface area contributed by atoms with Gasteiger partial charge in [-0.1, -0.05) is 5.92 Å². The lowest BCUT2D eigenvalue weighted by Crippen LogP contribution is -2.44. The molecule has 8 heteroatoms. The van der Waals surface area contributed by atoms with Crippen molar-refractivity contribution < 1.29 is 19.7 Å². The number of aliphatic hydroxyl groups is 1. The van der Waals surface area contributed by atoms with Crippen LogP contribution in [0.4, 0.5) is 0 Å². The summed E-state index contributed by atoms with van der Waals surface area (Å²) in [5.41, 5.74) is 1.59. The summed E-state index contributed by atoms with van der Waals surface area (Å²) in [5.74, 6) is 5.60. The minimum atomic E-state index is -0.786. The molecule has 4 rings (SSSR count). The van der Waals surface area contributed by atoms with Crippen molar-refractivity contribution in [2.24, 2.45) is 11.8 Å². The number of aromatic nitrogens is 2. The van der Waals surface area contributed by atoms with Crippen LogP contribution in [0.1, 0.15) is 35.9 Å². The Morgan fingerprint density at radius 2 is 2.21 bits per heavy atom. The minimum absolute atomic E-state index is 0.0166. The lowest BCUT2D eigenvalue weighted by atomic mass is 9.81. The first-order valence-corrected chi connectivity index (χ1v) is 11.9. The molecule has 0 spiro atoms. The molecular weight excluding hydrogens is 438 g/mol.